The summed E-state index contributed by atoms with van der Waals surface area (Å²) in [5.41, 5.74) is 1.58. The van der Waals surface area contributed by atoms with Gasteiger partial charge in [-0.2, -0.15) is 15.4 Å². The van der Waals surface area contributed by atoms with E-state index in [1.807, 2.05) is 30.3 Å². The number of nitrogens with zero attached hydrogens (tertiary/aromatic N) is 4. The van der Waals surface area contributed by atoms with Crippen molar-refractivity contribution in [3.05, 3.63) is 36.0 Å². The van der Waals surface area contributed by atoms with Crippen LogP contribution in [0.4, 0.5) is 0 Å². The van der Waals surface area contributed by atoms with Gasteiger partial charge < -0.3 is 9.80 Å². The van der Waals surface area contributed by atoms with Crippen molar-refractivity contribution in [1.82, 2.24) is 25.2 Å². The first kappa shape index (κ1) is 14.2. The van der Waals surface area contributed by atoms with Gasteiger partial charge in [-0.1, -0.05) is 30.3 Å². The molecule has 7 nitrogen and oxygen atoms in total. The van der Waals surface area contributed by atoms with Gasteiger partial charge in [0.25, 0.3) is 5.91 Å². The molecule has 0 saturated carbocycles. The van der Waals surface area contributed by atoms with Crippen molar-refractivity contribution < 1.29 is 9.59 Å². The third-order valence-corrected chi connectivity index (χ3v) is 3.76. The zero-order valence-corrected chi connectivity index (χ0v) is 12.3. The van der Waals surface area contributed by atoms with Gasteiger partial charge >= 0.3 is 0 Å². The number of likely N-dealkylation sites (N-methyl/N-ethyl adjacent to an activating group) is 1. The molecule has 1 fully saturated rings. The Bertz CT molecular complexity index is 682. The van der Waals surface area contributed by atoms with Gasteiger partial charge in [0.2, 0.25) is 5.91 Å². The van der Waals surface area contributed by atoms with Crippen LogP contribution in [-0.4, -0.2) is 63.7 Å². The van der Waals surface area contributed by atoms with E-state index in [0.29, 0.717) is 18.8 Å². The molecular formula is C15H17N5O2. The highest BCUT2D eigenvalue weighted by Crippen LogP contribution is 2.20. The Hall–Kier alpha value is -2.70. The zero-order valence-electron chi connectivity index (χ0n) is 12.3. The second kappa shape index (κ2) is 5.97. The van der Waals surface area contributed by atoms with Gasteiger partial charge in [-0.05, 0) is 6.42 Å². The third kappa shape index (κ3) is 2.69. The van der Waals surface area contributed by atoms with Crippen molar-refractivity contribution in [3.8, 4) is 11.3 Å². The number of hydrogen-bond acceptors (Lipinski definition) is 4. The molecule has 0 unspecified atom stereocenters. The monoisotopic (exact) mass is 299 g/mol. The largest absolute Gasteiger partial charge is 0.344 e. The summed E-state index contributed by atoms with van der Waals surface area (Å²) in [5, 5.41) is 10.6. The molecule has 2 heterocycles. The van der Waals surface area contributed by atoms with Crippen LogP contribution in [0.2, 0.25) is 0 Å². The lowest BCUT2D eigenvalue weighted by molar-refractivity contribution is -0.129. The summed E-state index contributed by atoms with van der Waals surface area (Å²) >= 11 is 0. The fourth-order valence-corrected chi connectivity index (χ4v) is 2.49. The maximum absolute atomic E-state index is 12.7. The van der Waals surface area contributed by atoms with E-state index in [9.17, 15) is 9.59 Å². The van der Waals surface area contributed by atoms with Gasteiger partial charge in [0, 0.05) is 25.7 Å². The van der Waals surface area contributed by atoms with Crippen LogP contribution in [0.25, 0.3) is 11.3 Å². The van der Waals surface area contributed by atoms with Gasteiger partial charge in [-0.15, -0.1) is 0 Å². The van der Waals surface area contributed by atoms with Crippen LogP contribution in [0.15, 0.2) is 30.3 Å². The minimum Gasteiger partial charge on any atom is -0.344 e. The first-order chi connectivity index (χ1) is 10.7. The lowest BCUT2D eigenvalue weighted by Gasteiger charge is -2.18. The Morgan fingerprint density at radius 2 is 1.95 bits per heavy atom. The molecular weight excluding hydrogens is 282 g/mol. The fraction of sp³-hybridized carbons (Fsp3) is 0.333. The molecule has 1 N–H and O–H groups in total. The highest BCUT2D eigenvalue weighted by atomic mass is 16.2. The predicted octanol–water partition coefficient (Wildman–Crippen LogP) is 0.776. The number of amides is 2. The number of aromatic nitrogens is 3. The smallest absolute Gasteiger partial charge is 0.277 e. The van der Waals surface area contributed by atoms with Gasteiger partial charge in [-0.25, -0.2) is 0 Å². The van der Waals surface area contributed by atoms with Crippen molar-refractivity contribution in [2.75, 3.05) is 26.7 Å². The first-order valence-electron chi connectivity index (χ1n) is 7.16. The van der Waals surface area contributed by atoms with E-state index < -0.39 is 0 Å². The molecule has 1 aliphatic rings. The Morgan fingerprint density at radius 3 is 2.73 bits per heavy atom. The number of carbonyl (C=O) groups is 2. The first-order valence-corrected chi connectivity index (χ1v) is 7.16. The number of carbonyl (C=O) groups excluding carboxylic acids is 2. The number of H-pyrrole nitrogens is 1. The van der Waals surface area contributed by atoms with Gasteiger partial charge in [0.05, 0.1) is 0 Å². The topological polar surface area (TPSA) is 82.2 Å². The second-order valence-electron chi connectivity index (χ2n) is 5.28. The molecule has 3 rings (SSSR count). The minimum absolute atomic E-state index is 0.0596. The highest BCUT2D eigenvalue weighted by Gasteiger charge is 2.27. The minimum atomic E-state index is -0.267. The quantitative estimate of drug-likeness (QED) is 0.888. The number of nitrogens with one attached hydrogen (secondary N) is 1. The zero-order chi connectivity index (χ0) is 15.5. The van der Waals surface area contributed by atoms with E-state index in [4.69, 9.17) is 0 Å². The Morgan fingerprint density at radius 1 is 1.18 bits per heavy atom. The van der Waals surface area contributed by atoms with Gasteiger partial charge in [-0.3, -0.25) is 9.59 Å². The number of hydrogen-bond donors (Lipinski definition) is 1. The molecule has 0 bridgehead atoms. The van der Waals surface area contributed by atoms with E-state index in [1.54, 1.807) is 11.9 Å². The molecule has 0 aliphatic carbocycles. The number of rotatable bonds is 2. The summed E-state index contributed by atoms with van der Waals surface area (Å²) in [5.74, 6) is -0.327. The molecule has 114 valence electrons. The summed E-state index contributed by atoms with van der Waals surface area (Å²) in [4.78, 5) is 27.8. The Kier molecular flexibility index (Phi) is 3.86. The lowest BCUT2D eigenvalue weighted by atomic mass is 10.1. The van der Waals surface area contributed by atoms with Crippen LogP contribution in [0.3, 0.4) is 0 Å². The van der Waals surface area contributed by atoms with Crippen molar-refractivity contribution in [2.24, 2.45) is 0 Å². The van der Waals surface area contributed by atoms with Crippen LogP contribution in [0, 0.1) is 0 Å². The molecule has 0 spiro atoms. The molecule has 0 radical (unpaired) electrons. The van der Waals surface area contributed by atoms with E-state index in [2.05, 4.69) is 15.4 Å². The van der Waals surface area contributed by atoms with Crippen molar-refractivity contribution >= 4 is 11.8 Å². The molecule has 0 atom stereocenters. The van der Waals surface area contributed by atoms with Crippen molar-refractivity contribution in [2.45, 2.75) is 6.42 Å². The summed E-state index contributed by atoms with van der Waals surface area (Å²) in [6, 6.07) is 9.39. The van der Waals surface area contributed by atoms with Gasteiger partial charge in [0.15, 0.2) is 5.69 Å². The van der Waals surface area contributed by atoms with Crippen LogP contribution >= 0.6 is 0 Å². The van der Waals surface area contributed by atoms with E-state index in [0.717, 1.165) is 12.0 Å². The highest BCUT2D eigenvalue weighted by molar-refractivity contribution is 5.99. The summed E-state index contributed by atoms with van der Waals surface area (Å²) in [6.07, 6.45) is 0.756. The Balaban J connectivity index is 1.87. The molecule has 2 aromatic rings. The van der Waals surface area contributed by atoms with Crippen LogP contribution in [0.1, 0.15) is 16.9 Å². The average molecular weight is 299 g/mol. The summed E-state index contributed by atoms with van der Waals surface area (Å²) in [6.45, 7) is 1.28. The molecule has 1 aliphatic heterocycles. The van der Waals surface area contributed by atoms with E-state index in [-0.39, 0.29) is 24.1 Å². The van der Waals surface area contributed by atoms with Crippen molar-refractivity contribution in [1.29, 1.82) is 0 Å². The van der Waals surface area contributed by atoms with E-state index in [1.165, 1.54) is 4.90 Å². The van der Waals surface area contributed by atoms with Crippen LogP contribution < -0.4 is 0 Å². The van der Waals surface area contributed by atoms with Crippen LogP contribution in [-0.2, 0) is 4.79 Å². The predicted molar refractivity (Wildman–Crippen MR) is 80.0 cm³/mol. The third-order valence-electron chi connectivity index (χ3n) is 3.76. The van der Waals surface area contributed by atoms with Crippen molar-refractivity contribution in [3.63, 3.8) is 0 Å². The summed E-state index contributed by atoms with van der Waals surface area (Å²) in [7, 11) is 1.75. The van der Waals surface area contributed by atoms with Crippen LogP contribution in [0.5, 0.6) is 0 Å². The fourth-order valence-electron chi connectivity index (χ4n) is 2.49. The lowest BCUT2D eigenvalue weighted by Crippen LogP contribution is -2.38. The maximum atomic E-state index is 12.7. The molecule has 22 heavy (non-hydrogen) atoms. The molecule has 2 amide bonds. The SMILES string of the molecule is CN1CCCN(C(=O)c2n[nH]nc2-c2ccccc2)CC1=O. The molecule has 1 saturated heterocycles. The normalized spacial score (nSPS) is 15.8. The summed E-state index contributed by atoms with van der Waals surface area (Å²) < 4.78 is 0. The van der Waals surface area contributed by atoms with E-state index >= 15 is 0 Å². The number of benzene rings is 1. The molecule has 1 aromatic heterocycles. The second-order valence-corrected chi connectivity index (χ2v) is 5.28. The Labute approximate surface area is 127 Å². The maximum Gasteiger partial charge on any atom is 0.277 e. The average Bonchev–Trinajstić information content (AvgIpc) is 2.96. The molecule has 1 aromatic carbocycles. The van der Waals surface area contributed by atoms with Gasteiger partial charge in [0.1, 0.15) is 12.2 Å². The molecule has 7 heteroatoms. The number of aromatic amines is 1. The standard InChI is InChI=1S/C15H17N5O2/c1-19-8-5-9-20(10-12(19)21)15(22)14-13(16-18-17-14)11-6-3-2-4-7-11/h2-4,6-7H,5,8-10H2,1H3,(H,16,17,18).